The molecule has 0 saturated heterocycles. The van der Waals surface area contributed by atoms with Gasteiger partial charge in [-0.15, -0.1) is 0 Å². The van der Waals surface area contributed by atoms with E-state index in [1.807, 2.05) is 42.5 Å². The van der Waals surface area contributed by atoms with Crippen LogP contribution in [0.3, 0.4) is 0 Å². The molecule has 4 rings (SSSR count). The molecule has 0 fully saturated rings. The molecule has 0 spiro atoms. The maximum atomic E-state index is 12.3. The Bertz CT molecular complexity index is 1070. The van der Waals surface area contributed by atoms with E-state index in [0.29, 0.717) is 22.9 Å². The summed E-state index contributed by atoms with van der Waals surface area (Å²) in [4.78, 5) is 16.6. The van der Waals surface area contributed by atoms with E-state index in [9.17, 15) is 4.79 Å². The number of hydrogen-bond acceptors (Lipinski definition) is 4. The Labute approximate surface area is 174 Å². The van der Waals surface area contributed by atoms with Gasteiger partial charge in [-0.3, -0.25) is 0 Å². The summed E-state index contributed by atoms with van der Waals surface area (Å²) in [6.07, 6.45) is 2.48. The first-order valence-electron chi connectivity index (χ1n) is 9.23. The quantitative estimate of drug-likeness (QED) is 0.414. The Morgan fingerprint density at radius 3 is 2.45 bits per heavy atom. The average Bonchev–Trinajstić information content (AvgIpc) is 3.11. The van der Waals surface area contributed by atoms with Crippen molar-refractivity contribution < 1.29 is 14.3 Å². The Morgan fingerprint density at radius 1 is 0.931 bits per heavy atom. The number of carbonyl (C=O) groups excluding carboxylic acids is 1. The number of benzene rings is 3. The zero-order chi connectivity index (χ0) is 20.1. The second-order valence-electron chi connectivity index (χ2n) is 6.46. The van der Waals surface area contributed by atoms with E-state index in [4.69, 9.17) is 21.1 Å². The molecular formula is C24H18ClNO3. The van der Waals surface area contributed by atoms with Crippen molar-refractivity contribution in [3.05, 3.63) is 106 Å². The van der Waals surface area contributed by atoms with Crippen LogP contribution in [-0.4, -0.2) is 18.5 Å². The Kier molecular flexibility index (Phi) is 5.73. The van der Waals surface area contributed by atoms with Crippen LogP contribution in [0, 0.1) is 0 Å². The minimum atomic E-state index is -0.492. The number of hydrogen-bond donors (Lipinski definition) is 0. The van der Waals surface area contributed by atoms with E-state index in [0.717, 1.165) is 12.0 Å². The smallest absolute Gasteiger partial charge is 0.363 e. The predicted molar refractivity (Wildman–Crippen MR) is 114 cm³/mol. The maximum absolute atomic E-state index is 12.3. The van der Waals surface area contributed by atoms with Crippen LogP contribution in [0.1, 0.15) is 16.7 Å². The molecule has 0 aliphatic carbocycles. The summed E-state index contributed by atoms with van der Waals surface area (Å²) in [7, 11) is 0. The highest BCUT2D eigenvalue weighted by molar-refractivity contribution is 6.30. The predicted octanol–water partition coefficient (Wildman–Crippen LogP) is 5.31. The zero-order valence-corrected chi connectivity index (χ0v) is 16.3. The van der Waals surface area contributed by atoms with Crippen LogP contribution in [0.2, 0.25) is 5.02 Å². The van der Waals surface area contributed by atoms with Crippen LogP contribution in [0.25, 0.3) is 6.08 Å². The first-order valence-corrected chi connectivity index (χ1v) is 9.61. The Morgan fingerprint density at radius 2 is 1.66 bits per heavy atom. The van der Waals surface area contributed by atoms with Gasteiger partial charge in [0, 0.05) is 22.6 Å². The first kappa shape index (κ1) is 19.0. The molecule has 3 aromatic rings. The highest BCUT2D eigenvalue weighted by atomic mass is 35.5. The summed E-state index contributed by atoms with van der Waals surface area (Å²) < 4.78 is 11.3. The fourth-order valence-electron chi connectivity index (χ4n) is 2.93. The monoisotopic (exact) mass is 403 g/mol. The third-order valence-electron chi connectivity index (χ3n) is 4.41. The zero-order valence-electron chi connectivity index (χ0n) is 15.5. The summed E-state index contributed by atoms with van der Waals surface area (Å²) in [6.45, 7) is 0.536. The van der Waals surface area contributed by atoms with Crippen LogP contribution in [0.15, 0.2) is 89.6 Å². The fourth-order valence-corrected chi connectivity index (χ4v) is 3.05. The van der Waals surface area contributed by atoms with Crippen LogP contribution in [0.4, 0.5) is 0 Å². The number of para-hydroxylation sites is 1. The molecule has 3 aromatic carbocycles. The number of ether oxygens (including phenoxy) is 2. The van der Waals surface area contributed by atoms with Crippen molar-refractivity contribution in [3.63, 3.8) is 0 Å². The number of halogens is 1. The number of nitrogens with zero attached hydrogens (tertiary/aromatic N) is 1. The van der Waals surface area contributed by atoms with Gasteiger partial charge >= 0.3 is 5.97 Å². The van der Waals surface area contributed by atoms with Gasteiger partial charge < -0.3 is 9.47 Å². The third kappa shape index (κ3) is 4.73. The lowest BCUT2D eigenvalue weighted by Crippen LogP contribution is -2.05. The number of carbonyl (C=O) groups is 1. The van der Waals surface area contributed by atoms with Crippen molar-refractivity contribution in [2.24, 2.45) is 4.99 Å². The van der Waals surface area contributed by atoms with Crippen molar-refractivity contribution >= 4 is 29.5 Å². The van der Waals surface area contributed by atoms with E-state index in [-0.39, 0.29) is 11.6 Å². The van der Waals surface area contributed by atoms with E-state index >= 15 is 0 Å². The molecule has 0 aromatic heterocycles. The largest absolute Gasteiger partial charge is 0.493 e. The first-order chi connectivity index (χ1) is 14.2. The maximum Gasteiger partial charge on any atom is 0.363 e. The highest BCUT2D eigenvalue weighted by Gasteiger charge is 2.24. The Balaban J connectivity index is 1.51. The molecule has 0 atom stereocenters. The minimum Gasteiger partial charge on any atom is -0.493 e. The van der Waals surface area contributed by atoms with Gasteiger partial charge in [0.25, 0.3) is 0 Å². The fraction of sp³-hybridized carbons (Fsp3) is 0.0833. The molecule has 0 amide bonds. The Hall–Kier alpha value is -3.37. The average molecular weight is 404 g/mol. The normalized spacial score (nSPS) is 14.6. The van der Waals surface area contributed by atoms with Crippen molar-refractivity contribution in [1.29, 1.82) is 0 Å². The third-order valence-corrected chi connectivity index (χ3v) is 4.67. The lowest BCUT2D eigenvalue weighted by Gasteiger charge is -2.09. The molecule has 0 N–H and O–H groups in total. The van der Waals surface area contributed by atoms with Gasteiger partial charge in [-0.25, -0.2) is 9.79 Å². The molecule has 144 valence electrons. The van der Waals surface area contributed by atoms with Crippen molar-refractivity contribution in [3.8, 4) is 5.75 Å². The summed E-state index contributed by atoms with van der Waals surface area (Å²) in [5.41, 5.74) is 2.90. The molecule has 0 saturated carbocycles. The van der Waals surface area contributed by atoms with Gasteiger partial charge in [0.2, 0.25) is 5.90 Å². The SMILES string of the molecule is O=C1OC(c2ccc(Cl)cc2)=NC1=Cc1ccccc1OCCc1ccccc1. The summed E-state index contributed by atoms with van der Waals surface area (Å²) in [5, 5.41) is 0.607. The highest BCUT2D eigenvalue weighted by Crippen LogP contribution is 2.25. The van der Waals surface area contributed by atoms with E-state index in [1.54, 1.807) is 30.3 Å². The van der Waals surface area contributed by atoms with Crippen molar-refractivity contribution in [1.82, 2.24) is 0 Å². The molecule has 0 bridgehead atoms. The van der Waals surface area contributed by atoms with Crippen LogP contribution in [-0.2, 0) is 16.0 Å². The van der Waals surface area contributed by atoms with Gasteiger partial charge in [-0.2, -0.15) is 0 Å². The van der Waals surface area contributed by atoms with Gasteiger partial charge in [-0.1, -0.05) is 60.1 Å². The molecule has 1 heterocycles. The van der Waals surface area contributed by atoms with Crippen molar-refractivity contribution in [2.45, 2.75) is 6.42 Å². The van der Waals surface area contributed by atoms with E-state index in [1.165, 1.54) is 5.56 Å². The van der Waals surface area contributed by atoms with Crippen LogP contribution < -0.4 is 4.74 Å². The number of esters is 1. The number of aliphatic imine (C=N–C) groups is 1. The summed E-state index contributed by atoms with van der Waals surface area (Å²) >= 11 is 5.91. The molecular weight excluding hydrogens is 386 g/mol. The standard InChI is InChI=1S/C24H18ClNO3/c25-20-12-10-18(11-13-20)23-26-21(24(27)29-23)16-19-8-4-5-9-22(19)28-15-14-17-6-2-1-3-7-17/h1-13,16H,14-15H2. The van der Waals surface area contributed by atoms with Gasteiger partial charge in [0.1, 0.15) is 5.75 Å². The van der Waals surface area contributed by atoms with Crippen LogP contribution >= 0.6 is 11.6 Å². The van der Waals surface area contributed by atoms with Gasteiger partial charge in [-0.05, 0) is 42.0 Å². The minimum absolute atomic E-state index is 0.231. The topological polar surface area (TPSA) is 47.9 Å². The lowest BCUT2D eigenvalue weighted by atomic mass is 10.1. The second kappa shape index (κ2) is 8.76. The number of rotatable bonds is 6. The summed E-state index contributed by atoms with van der Waals surface area (Å²) in [5.74, 6) is 0.466. The van der Waals surface area contributed by atoms with Crippen molar-refractivity contribution in [2.75, 3.05) is 6.61 Å². The number of cyclic esters (lactones) is 1. The second-order valence-corrected chi connectivity index (χ2v) is 6.90. The summed E-state index contributed by atoms with van der Waals surface area (Å²) in [6, 6.07) is 24.7. The van der Waals surface area contributed by atoms with E-state index in [2.05, 4.69) is 17.1 Å². The molecule has 5 heteroatoms. The van der Waals surface area contributed by atoms with Gasteiger partial charge in [0.15, 0.2) is 5.70 Å². The molecule has 29 heavy (non-hydrogen) atoms. The molecule has 1 aliphatic rings. The molecule has 0 unspecified atom stereocenters. The molecule has 0 radical (unpaired) electrons. The lowest BCUT2D eigenvalue weighted by molar-refractivity contribution is -0.129. The van der Waals surface area contributed by atoms with Gasteiger partial charge in [0.05, 0.1) is 6.61 Å². The molecule has 4 nitrogen and oxygen atoms in total. The van der Waals surface area contributed by atoms with Crippen LogP contribution in [0.5, 0.6) is 5.75 Å². The van der Waals surface area contributed by atoms with E-state index < -0.39 is 5.97 Å². The molecule has 1 aliphatic heterocycles.